The lowest BCUT2D eigenvalue weighted by Gasteiger charge is -2.29. The van der Waals surface area contributed by atoms with E-state index in [1.807, 2.05) is 18.2 Å². The third kappa shape index (κ3) is 4.92. The molecule has 3 atom stereocenters. The Kier molecular flexibility index (Phi) is 6.82. The number of allylic oxidation sites excluding steroid dienone is 2. The Hall–Kier alpha value is -5.74. The number of rotatable bonds is 4. The first-order valence-corrected chi connectivity index (χ1v) is 16.8. The number of nitrogens with zero attached hydrogens (tertiary/aromatic N) is 4. The highest BCUT2D eigenvalue weighted by Crippen LogP contribution is 2.37. The molecule has 0 amide bonds. The molecule has 4 heterocycles. The average Bonchev–Trinajstić information content (AvgIpc) is 3.15. The van der Waals surface area contributed by atoms with E-state index in [2.05, 4.69) is 135 Å². The van der Waals surface area contributed by atoms with Crippen molar-refractivity contribution in [2.75, 3.05) is 0 Å². The van der Waals surface area contributed by atoms with Gasteiger partial charge in [-0.15, -0.1) is 0 Å². The van der Waals surface area contributed by atoms with Gasteiger partial charge in [0.05, 0.1) is 39.1 Å². The molecule has 230 valence electrons. The average molecular weight is 619 g/mol. The highest BCUT2D eigenvalue weighted by atomic mass is 14.8. The van der Waals surface area contributed by atoms with Gasteiger partial charge in [-0.2, -0.15) is 0 Å². The molecule has 4 aromatic carbocycles. The molecule has 8 aromatic rings. The maximum Gasteiger partial charge on any atom is 0.0972 e. The zero-order valence-corrected chi connectivity index (χ0v) is 27.0. The number of hydrogen-bond donors (Lipinski definition) is 0. The molecular formula is C44H34N4. The Morgan fingerprint density at radius 1 is 0.458 bits per heavy atom. The van der Waals surface area contributed by atoms with Gasteiger partial charge in [0.2, 0.25) is 0 Å². The monoisotopic (exact) mass is 618 g/mol. The molecule has 0 saturated carbocycles. The summed E-state index contributed by atoms with van der Waals surface area (Å²) in [4.78, 5) is 20.8. The van der Waals surface area contributed by atoms with E-state index in [1.165, 1.54) is 0 Å². The van der Waals surface area contributed by atoms with Gasteiger partial charge >= 0.3 is 0 Å². The van der Waals surface area contributed by atoms with Crippen molar-refractivity contribution in [2.45, 2.75) is 26.2 Å². The Morgan fingerprint density at radius 3 is 1.48 bits per heavy atom. The van der Waals surface area contributed by atoms with Crippen LogP contribution in [0, 0.1) is 11.8 Å². The summed E-state index contributed by atoms with van der Waals surface area (Å²) in [5.41, 5.74) is 10.8. The highest BCUT2D eigenvalue weighted by molar-refractivity contribution is 6.05. The third-order valence-electron chi connectivity index (χ3n) is 10.2. The zero-order chi connectivity index (χ0) is 32.2. The highest BCUT2D eigenvalue weighted by Gasteiger charge is 2.26. The Morgan fingerprint density at radius 2 is 0.917 bits per heavy atom. The van der Waals surface area contributed by atoms with E-state index in [1.54, 1.807) is 0 Å². The predicted octanol–water partition coefficient (Wildman–Crippen LogP) is 11.2. The van der Waals surface area contributed by atoms with Gasteiger partial charge in [0, 0.05) is 49.8 Å². The van der Waals surface area contributed by atoms with E-state index in [0.717, 1.165) is 89.5 Å². The smallest absolute Gasteiger partial charge is 0.0972 e. The van der Waals surface area contributed by atoms with Gasteiger partial charge in [0.25, 0.3) is 0 Å². The lowest BCUT2D eigenvalue weighted by Crippen LogP contribution is -2.19. The molecule has 0 saturated heterocycles. The van der Waals surface area contributed by atoms with Gasteiger partial charge < -0.3 is 0 Å². The Bertz CT molecular complexity index is 2540. The van der Waals surface area contributed by atoms with E-state index in [0.29, 0.717) is 17.8 Å². The van der Waals surface area contributed by atoms with Crippen molar-refractivity contribution in [3.05, 3.63) is 145 Å². The standard InChI is InChI=1S/C44H34N4/c1-27-8-6-13-36(28(27)2)40-25-21-33-17-16-32-20-24-39(47-43(32)44(33)48-40)35-12-7-11-34(26-35)38-23-19-31-15-14-30-18-22-37(29-9-4-3-5-10-29)45-41(30)42(31)46-38/h3-7,9-28,36H,8H2,1-2H3. The fourth-order valence-corrected chi connectivity index (χ4v) is 7.22. The number of pyridine rings is 4. The largest absolute Gasteiger partial charge is 0.250 e. The second-order valence-corrected chi connectivity index (χ2v) is 13.2. The van der Waals surface area contributed by atoms with Crippen LogP contribution >= 0.6 is 0 Å². The summed E-state index contributed by atoms with van der Waals surface area (Å²) >= 11 is 0. The lowest BCUT2D eigenvalue weighted by molar-refractivity contribution is 0.340. The van der Waals surface area contributed by atoms with Crippen LogP contribution in [0.3, 0.4) is 0 Å². The first kappa shape index (κ1) is 28.5. The van der Waals surface area contributed by atoms with Gasteiger partial charge in [-0.3, -0.25) is 0 Å². The Labute approximate surface area is 279 Å². The zero-order valence-electron chi connectivity index (χ0n) is 27.0. The summed E-state index contributed by atoms with van der Waals surface area (Å²) in [7, 11) is 0. The number of fused-ring (bicyclic) bond motifs is 6. The number of benzene rings is 4. The van der Waals surface area contributed by atoms with Crippen LogP contribution in [0.4, 0.5) is 0 Å². The minimum Gasteiger partial charge on any atom is -0.250 e. The molecule has 3 unspecified atom stereocenters. The molecule has 48 heavy (non-hydrogen) atoms. The van der Waals surface area contributed by atoms with Crippen molar-refractivity contribution in [2.24, 2.45) is 11.8 Å². The topological polar surface area (TPSA) is 51.6 Å². The summed E-state index contributed by atoms with van der Waals surface area (Å²) in [6.45, 7) is 4.69. The van der Waals surface area contributed by atoms with Crippen molar-refractivity contribution in [3.63, 3.8) is 0 Å². The van der Waals surface area contributed by atoms with Gasteiger partial charge in [-0.25, -0.2) is 19.9 Å². The van der Waals surface area contributed by atoms with Crippen LogP contribution in [0.1, 0.15) is 31.9 Å². The van der Waals surface area contributed by atoms with Crippen molar-refractivity contribution < 1.29 is 0 Å². The van der Waals surface area contributed by atoms with Crippen molar-refractivity contribution in [1.82, 2.24) is 19.9 Å². The first-order valence-electron chi connectivity index (χ1n) is 16.8. The molecule has 0 N–H and O–H groups in total. The molecular weight excluding hydrogens is 585 g/mol. The molecule has 4 aromatic heterocycles. The van der Waals surface area contributed by atoms with Crippen LogP contribution in [0.5, 0.6) is 0 Å². The van der Waals surface area contributed by atoms with Crippen molar-refractivity contribution >= 4 is 43.6 Å². The minimum absolute atomic E-state index is 0.319. The molecule has 1 aliphatic carbocycles. The summed E-state index contributed by atoms with van der Waals surface area (Å²) < 4.78 is 0. The van der Waals surface area contributed by atoms with Crippen LogP contribution < -0.4 is 0 Å². The lowest BCUT2D eigenvalue weighted by atomic mass is 9.76. The molecule has 9 rings (SSSR count). The SMILES string of the molecule is CC1CC=CC(c2ccc3ccc4ccc(-c5cccc(-c6ccc7ccc8ccc(-c9ccccc9)nc8c7n6)c5)nc4c3n2)C1C. The fourth-order valence-electron chi connectivity index (χ4n) is 7.22. The first-order chi connectivity index (χ1) is 23.6. The summed E-state index contributed by atoms with van der Waals surface area (Å²) in [5.74, 6) is 1.51. The molecule has 0 bridgehead atoms. The second-order valence-electron chi connectivity index (χ2n) is 13.2. The van der Waals surface area contributed by atoms with Crippen molar-refractivity contribution in [3.8, 4) is 33.8 Å². The van der Waals surface area contributed by atoms with Crippen molar-refractivity contribution in [1.29, 1.82) is 0 Å². The molecule has 1 aliphatic rings. The van der Waals surface area contributed by atoms with E-state index >= 15 is 0 Å². The third-order valence-corrected chi connectivity index (χ3v) is 10.2. The van der Waals surface area contributed by atoms with Crippen LogP contribution in [0.15, 0.2) is 140 Å². The van der Waals surface area contributed by atoms with Crippen LogP contribution in [-0.2, 0) is 0 Å². The minimum atomic E-state index is 0.319. The van der Waals surface area contributed by atoms with Gasteiger partial charge in [-0.05, 0) is 48.6 Å². The molecule has 0 spiro atoms. The maximum absolute atomic E-state index is 5.26. The summed E-state index contributed by atoms with van der Waals surface area (Å²) in [5, 5.41) is 4.36. The number of aromatic nitrogens is 4. The van der Waals surface area contributed by atoms with E-state index in [9.17, 15) is 0 Å². The normalized spacial score (nSPS) is 17.8. The Balaban J connectivity index is 1.13. The van der Waals surface area contributed by atoms with Crippen LogP contribution in [0.25, 0.3) is 77.4 Å². The van der Waals surface area contributed by atoms with Gasteiger partial charge in [0.15, 0.2) is 0 Å². The molecule has 0 aliphatic heterocycles. The van der Waals surface area contributed by atoms with E-state index in [-0.39, 0.29) is 0 Å². The fraction of sp³-hybridized carbons (Fsp3) is 0.136. The van der Waals surface area contributed by atoms with E-state index < -0.39 is 0 Å². The quantitative estimate of drug-likeness (QED) is 0.145. The molecule has 4 heteroatoms. The summed E-state index contributed by atoms with van der Waals surface area (Å²) in [6.07, 6.45) is 5.80. The predicted molar refractivity (Wildman–Crippen MR) is 199 cm³/mol. The molecule has 0 radical (unpaired) electrons. The second kappa shape index (κ2) is 11.5. The summed E-state index contributed by atoms with van der Waals surface area (Å²) in [6, 6.07) is 44.6. The molecule has 0 fully saturated rings. The van der Waals surface area contributed by atoms with Crippen LogP contribution in [-0.4, -0.2) is 19.9 Å². The maximum atomic E-state index is 5.26. The molecule has 4 nitrogen and oxygen atoms in total. The van der Waals surface area contributed by atoms with Gasteiger partial charge in [-0.1, -0.05) is 123 Å². The van der Waals surface area contributed by atoms with E-state index in [4.69, 9.17) is 19.9 Å². The number of hydrogen-bond acceptors (Lipinski definition) is 4. The van der Waals surface area contributed by atoms with Gasteiger partial charge in [0.1, 0.15) is 0 Å². The van der Waals surface area contributed by atoms with Crippen LogP contribution in [0.2, 0.25) is 0 Å².